The molecule has 0 saturated carbocycles. The topological polar surface area (TPSA) is 26.0 Å². The summed E-state index contributed by atoms with van der Waals surface area (Å²) in [5, 5.41) is 2.78. The number of halogens is 2. The second-order valence-electron chi connectivity index (χ2n) is 3.56. The number of nitrogens with two attached hydrogens (primary N) is 1. The van der Waals surface area contributed by atoms with E-state index >= 15 is 0 Å². The molecule has 0 aliphatic heterocycles. The fraction of sp³-hybridized carbons (Fsp3) is 0.167. The predicted octanol–water partition coefficient (Wildman–Crippen LogP) is 4.41. The van der Waals surface area contributed by atoms with E-state index in [2.05, 4.69) is 27.4 Å². The van der Waals surface area contributed by atoms with Gasteiger partial charge in [-0.2, -0.15) is 0 Å². The summed E-state index contributed by atoms with van der Waals surface area (Å²) in [6, 6.07) is 9.91. The molecule has 0 saturated heterocycles. The highest BCUT2D eigenvalue weighted by Gasteiger charge is 2.11. The molecular formula is C12H11BrClNS. The number of rotatable bonds is 3. The number of hydrogen-bond donors (Lipinski definition) is 1. The third-order valence-corrected chi connectivity index (χ3v) is 4.08. The van der Waals surface area contributed by atoms with Gasteiger partial charge in [0.2, 0.25) is 0 Å². The predicted molar refractivity (Wildman–Crippen MR) is 74.1 cm³/mol. The van der Waals surface area contributed by atoms with Crippen molar-refractivity contribution in [2.75, 3.05) is 0 Å². The van der Waals surface area contributed by atoms with E-state index in [1.54, 1.807) is 11.3 Å². The zero-order valence-corrected chi connectivity index (χ0v) is 11.6. The van der Waals surface area contributed by atoms with Crippen molar-refractivity contribution >= 4 is 38.9 Å². The van der Waals surface area contributed by atoms with Gasteiger partial charge >= 0.3 is 0 Å². The smallest absolute Gasteiger partial charge is 0.0465 e. The van der Waals surface area contributed by atoms with Crippen molar-refractivity contribution in [3.8, 4) is 0 Å². The Balaban J connectivity index is 2.17. The first-order valence-corrected chi connectivity index (χ1v) is 6.95. The lowest BCUT2D eigenvalue weighted by Gasteiger charge is -2.12. The summed E-state index contributed by atoms with van der Waals surface area (Å²) < 4.78 is 0.976. The van der Waals surface area contributed by atoms with Gasteiger partial charge in [-0.3, -0.25) is 0 Å². The summed E-state index contributed by atoms with van der Waals surface area (Å²) in [5.74, 6) is 0. The van der Waals surface area contributed by atoms with E-state index in [0.717, 1.165) is 21.5 Å². The molecule has 2 rings (SSSR count). The van der Waals surface area contributed by atoms with Gasteiger partial charge in [-0.25, -0.2) is 0 Å². The number of hydrogen-bond acceptors (Lipinski definition) is 2. The summed E-state index contributed by atoms with van der Waals surface area (Å²) in [6.45, 7) is 0. The van der Waals surface area contributed by atoms with Crippen LogP contribution in [0.15, 0.2) is 40.2 Å². The summed E-state index contributed by atoms with van der Waals surface area (Å²) in [6.07, 6.45) is 0.832. The van der Waals surface area contributed by atoms with Crippen molar-refractivity contribution in [2.24, 2.45) is 5.73 Å². The van der Waals surface area contributed by atoms with Gasteiger partial charge in [-0.1, -0.05) is 39.7 Å². The van der Waals surface area contributed by atoms with Gasteiger partial charge in [-0.05, 0) is 29.1 Å². The number of benzene rings is 1. The lowest BCUT2D eigenvalue weighted by molar-refractivity contribution is 0.730. The molecule has 0 spiro atoms. The van der Waals surface area contributed by atoms with Crippen LogP contribution in [0.2, 0.25) is 5.02 Å². The minimum atomic E-state index is -0.0424. The van der Waals surface area contributed by atoms with E-state index in [0.29, 0.717) is 0 Å². The van der Waals surface area contributed by atoms with Crippen LogP contribution in [-0.2, 0) is 6.42 Å². The molecular weight excluding hydrogens is 306 g/mol. The average molecular weight is 317 g/mol. The first kappa shape index (κ1) is 12.1. The maximum Gasteiger partial charge on any atom is 0.0465 e. The third kappa shape index (κ3) is 2.86. The fourth-order valence-corrected chi connectivity index (χ4v) is 3.14. The molecule has 0 aliphatic carbocycles. The van der Waals surface area contributed by atoms with Crippen LogP contribution in [0.4, 0.5) is 0 Å². The van der Waals surface area contributed by atoms with Gasteiger partial charge in [0.15, 0.2) is 0 Å². The monoisotopic (exact) mass is 315 g/mol. The first-order chi connectivity index (χ1) is 7.66. The summed E-state index contributed by atoms with van der Waals surface area (Å²) in [4.78, 5) is 1.28. The van der Waals surface area contributed by atoms with Crippen molar-refractivity contribution in [2.45, 2.75) is 12.5 Å². The Morgan fingerprint density at radius 2 is 2.19 bits per heavy atom. The van der Waals surface area contributed by atoms with E-state index in [1.807, 2.05) is 24.3 Å². The van der Waals surface area contributed by atoms with E-state index in [1.165, 1.54) is 4.88 Å². The molecule has 2 aromatic rings. The normalized spacial score (nSPS) is 12.7. The Kier molecular flexibility index (Phi) is 4.03. The van der Waals surface area contributed by atoms with Crippen molar-refractivity contribution < 1.29 is 0 Å². The lowest BCUT2D eigenvalue weighted by atomic mass is 10.0. The van der Waals surface area contributed by atoms with Crippen LogP contribution in [0.5, 0.6) is 0 Å². The highest BCUT2D eigenvalue weighted by atomic mass is 79.9. The quantitative estimate of drug-likeness (QED) is 0.892. The standard InChI is InChI=1S/C12H11BrClNS/c13-8-3-4-10(11(14)6-8)12(15)7-9-2-1-5-16-9/h1-6,12H,7,15H2. The Labute approximate surface area is 112 Å². The molecule has 1 atom stereocenters. The highest BCUT2D eigenvalue weighted by Crippen LogP contribution is 2.28. The molecule has 1 aromatic carbocycles. The first-order valence-electron chi connectivity index (χ1n) is 4.89. The van der Waals surface area contributed by atoms with Crippen LogP contribution in [-0.4, -0.2) is 0 Å². The number of thiophene rings is 1. The second-order valence-corrected chi connectivity index (χ2v) is 5.91. The molecule has 2 N–H and O–H groups in total. The summed E-state index contributed by atoms with van der Waals surface area (Å²) >= 11 is 11.3. The zero-order valence-electron chi connectivity index (χ0n) is 8.49. The van der Waals surface area contributed by atoms with E-state index in [4.69, 9.17) is 17.3 Å². The van der Waals surface area contributed by atoms with Crippen LogP contribution in [0, 0.1) is 0 Å². The summed E-state index contributed by atoms with van der Waals surface area (Å²) in [5.41, 5.74) is 7.14. The molecule has 1 unspecified atom stereocenters. The SMILES string of the molecule is NC(Cc1cccs1)c1ccc(Br)cc1Cl. The van der Waals surface area contributed by atoms with Gasteiger partial charge in [0.1, 0.15) is 0 Å². The van der Waals surface area contributed by atoms with Gasteiger partial charge in [0.05, 0.1) is 0 Å². The average Bonchev–Trinajstić information content (AvgIpc) is 2.70. The Morgan fingerprint density at radius 1 is 1.38 bits per heavy atom. The van der Waals surface area contributed by atoms with Crippen LogP contribution < -0.4 is 5.73 Å². The second kappa shape index (κ2) is 5.32. The maximum atomic E-state index is 6.16. The third-order valence-electron chi connectivity index (χ3n) is 2.36. The Bertz CT molecular complexity index is 470. The molecule has 4 heteroatoms. The molecule has 0 aliphatic rings. The van der Waals surface area contributed by atoms with E-state index in [-0.39, 0.29) is 6.04 Å². The molecule has 0 radical (unpaired) electrons. The van der Waals surface area contributed by atoms with Crippen LogP contribution in [0.3, 0.4) is 0 Å². The van der Waals surface area contributed by atoms with E-state index in [9.17, 15) is 0 Å². The largest absolute Gasteiger partial charge is 0.324 e. The fourth-order valence-electron chi connectivity index (χ4n) is 1.56. The van der Waals surface area contributed by atoms with Crippen LogP contribution in [0.25, 0.3) is 0 Å². The minimum absolute atomic E-state index is 0.0424. The van der Waals surface area contributed by atoms with Gasteiger partial charge in [0, 0.05) is 26.8 Å². The highest BCUT2D eigenvalue weighted by molar-refractivity contribution is 9.10. The van der Waals surface area contributed by atoms with Crippen molar-refractivity contribution in [3.05, 3.63) is 55.6 Å². The van der Waals surface area contributed by atoms with Gasteiger partial charge < -0.3 is 5.73 Å². The Morgan fingerprint density at radius 3 is 2.81 bits per heavy atom. The molecule has 1 heterocycles. The zero-order chi connectivity index (χ0) is 11.5. The maximum absolute atomic E-state index is 6.16. The lowest BCUT2D eigenvalue weighted by Crippen LogP contribution is -2.13. The van der Waals surface area contributed by atoms with E-state index < -0.39 is 0 Å². The van der Waals surface area contributed by atoms with Crippen molar-refractivity contribution in [1.29, 1.82) is 0 Å². The van der Waals surface area contributed by atoms with Crippen LogP contribution >= 0.6 is 38.9 Å². The molecule has 0 bridgehead atoms. The molecule has 0 amide bonds. The van der Waals surface area contributed by atoms with Crippen LogP contribution in [0.1, 0.15) is 16.5 Å². The molecule has 1 aromatic heterocycles. The molecule has 16 heavy (non-hydrogen) atoms. The van der Waals surface area contributed by atoms with Gasteiger partial charge in [-0.15, -0.1) is 11.3 Å². The summed E-state index contributed by atoms with van der Waals surface area (Å²) in [7, 11) is 0. The molecule has 84 valence electrons. The van der Waals surface area contributed by atoms with Crippen molar-refractivity contribution in [3.63, 3.8) is 0 Å². The molecule has 0 fully saturated rings. The van der Waals surface area contributed by atoms with Crippen molar-refractivity contribution in [1.82, 2.24) is 0 Å². The molecule has 1 nitrogen and oxygen atoms in total. The van der Waals surface area contributed by atoms with Gasteiger partial charge in [0.25, 0.3) is 0 Å². The minimum Gasteiger partial charge on any atom is -0.324 e. The Hall–Kier alpha value is -0.350.